The smallest absolute Gasteiger partial charge is 0.250 e. The number of hydrogen-bond acceptors (Lipinski definition) is 5. The molecule has 0 saturated heterocycles. The molecular weight excluding hydrogens is 408 g/mol. The Morgan fingerprint density at radius 2 is 1.81 bits per heavy atom. The van der Waals surface area contributed by atoms with Crippen LogP contribution in [0.3, 0.4) is 0 Å². The number of thioether (sulfide) groups is 1. The van der Waals surface area contributed by atoms with Gasteiger partial charge in [0.2, 0.25) is 0 Å². The summed E-state index contributed by atoms with van der Waals surface area (Å²) in [5.74, 6) is 0.709. The van der Waals surface area contributed by atoms with Crippen LogP contribution in [0.4, 0.5) is 0 Å². The molecule has 4 aromatic rings. The minimum atomic E-state index is -0.200. The Morgan fingerprint density at radius 1 is 1.06 bits per heavy atom. The zero-order chi connectivity index (χ0) is 21.5. The van der Waals surface area contributed by atoms with Gasteiger partial charge in [-0.15, -0.1) is 0 Å². The summed E-state index contributed by atoms with van der Waals surface area (Å²) in [6.45, 7) is 0.692. The average Bonchev–Trinajstić information content (AvgIpc) is 3.16. The van der Waals surface area contributed by atoms with Gasteiger partial charge < -0.3 is 9.30 Å². The maximum absolute atomic E-state index is 12.3. The van der Waals surface area contributed by atoms with Crippen molar-refractivity contribution in [2.75, 3.05) is 12.9 Å². The number of imidazole rings is 1. The van der Waals surface area contributed by atoms with Crippen molar-refractivity contribution >= 4 is 34.9 Å². The number of carbonyl (C=O) groups is 1. The molecule has 1 heterocycles. The highest BCUT2D eigenvalue weighted by Gasteiger charge is 2.13. The molecule has 3 aromatic carbocycles. The van der Waals surface area contributed by atoms with Crippen LogP contribution in [-0.4, -0.2) is 34.5 Å². The molecule has 1 aromatic heterocycles. The van der Waals surface area contributed by atoms with Gasteiger partial charge in [0.1, 0.15) is 5.75 Å². The normalized spacial score (nSPS) is 11.1. The zero-order valence-electron chi connectivity index (χ0n) is 17.1. The van der Waals surface area contributed by atoms with Gasteiger partial charge in [-0.2, -0.15) is 5.10 Å². The summed E-state index contributed by atoms with van der Waals surface area (Å²) >= 11 is 1.40. The molecule has 0 radical (unpaired) electrons. The van der Waals surface area contributed by atoms with Gasteiger partial charge in [-0.25, -0.2) is 10.4 Å². The van der Waals surface area contributed by atoms with Crippen molar-refractivity contribution in [3.8, 4) is 5.75 Å². The molecule has 156 valence electrons. The molecule has 0 aliphatic carbocycles. The number of amides is 1. The first kappa shape index (κ1) is 20.7. The summed E-state index contributed by atoms with van der Waals surface area (Å²) in [6.07, 6.45) is 1.58. The fourth-order valence-electron chi connectivity index (χ4n) is 3.19. The number of benzene rings is 3. The maximum Gasteiger partial charge on any atom is 0.250 e. The fraction of sp³-hybridized carbons (Fsp3) is 0.125. The number of fused-ring (bicyclic) bond motifs is 1. The number of nitrogens with zero attached hydrogens (tertiary/aromatic N) is 3. The Labute approximate surface area is 185 Å². The Bertz CT molecular complexity index is 1200. The zero-order valence-corrected chi connectivity index (χ0v) is 17.9. The molecule has 0 fully saturated rings. The van der Waals surface area contributed by atoms with Crippen molar-refractivity contribution in [2.24, 2.45) is 5.10 Å². The maximum atomic E-state index is 12.3. The molecule has 0 bridgehead atoms. The molecule has 1 amide bonds. The fourth-order valence-corrected chi connectivity index (χ4v) is 4.00. The molecule has 0 saturated carbocycles. The number of rotatable bonds is 8. The lowest BCUT2D eigenvalue weighted by atomic mass is 10.2. The molecular formula is C24H22N4O2S. The van der Waals surface area contributed by atoms with Gasteiger partial charge in [0.25, 0.3) is 5.91 Å². The molecule has 6 nitrogen and oxygen atoms in total. The predicted octanol–water partition coefficient (Wildman–Crippen LogP) is 4.34. The number of hydrazone groups is 1. The lowest BCUT2D eigenvalue weighted by molar-refractivity contribution is -0.118. The van der Waals surface area contributed by atoms with Gasteiger partial charge in [-0.1, -0.05) is 66.4 Å². The van der Waals surface area contributed by atoms with E-state index in [9.17, 15) is 4.79 Å². The second-order valence-electron chi connectivity index (χ2n) is 6.78. The summed E-state index contributed by atoms with van der Waals surface area (Å²) in [5, 5.41) is 4.85. The number of para-hydroxylation sites is 3. The first-order valence-corrected chi connectivity index (χ1v) is 10.8. The lowest BCUT2D eigenvalue weighted by Gasteiger charge is -2.09. The summed E-state index contributed by atoms with van der Waals surface area (Å²) in [4.78, 5) is 17.1. The van der Waals surface area contributed by atoms with Crippen LogP contribution in [0.5, 0.6) is 5.75 Å². The van der Waals surface area contributed by atoms with E-state index >= 15 is 0 Å². The van der Waals surface area contributed by atoms with Crippen molar-refractivity contribution in [1.82, 2.24) is 15.0 Å². The third-order valence-electron chi connectivity index (χ3n) is 4.67. The SMILES string of the molecule is COc1ccccc1/C=N/NC(=O)CSc1nc2ccccc2n1Cc1ccccc1. The van der Waals surface area contributed by atoms with Gasteiger partial charge in [-0.05, 0) is 29.8 Å². The Hall–Kier alpha value is -3.58. The van der Waals surface area contributed by atoms with Crippen molar-refractivity contribution in [2.45, 2.75) is 11.7 Å². The van der Waals surface area contributed by atoms with Crippen LogP contribution in [0.25, 0.3) is 11.0 Å². The number of methoxy groups -OCH3 is 1. The van der Waals surface area contributed by atoms with Gasteiger partial charge in [0.15, 0.2) is 5.16 Å². The number of nitrogens with one attached hydrogen (secondary N) is 1. The number of aromatic nitrogens is 2. The number of hydrogen-bond donors (Lipinski definition) is 1. The third-order valence-corrected chi connectivity index (χ3v) is 5.64. The molecule has 1 N–H and O–H groups in total. The average molecular weight is 431 g/mol. The summed E-state index contributed by atoms with van der Waals surface area (Å²) in [6, 6.07) is 25.7. The van der Waals surface area contributed by atoms with Crippen LogP contribution in [0.1, 0.15) is 11.1 Å². The van der Waals surface area contributed by atoms with Crippen molar-refractivity contribution in [3.05, 3.63) is 90.0 Å². The Kier molecular flexibility index (Phi) is 6.64. The molecule has 0 unspecified atom stereocenters. The minimum Gasteiger partial charge on any atom is -0.496 e. The molecule has 7 heteroatoms. The summed E-state index contributed by atoms with van der Waals surface area (Å²) in [5.41, 5.74) is 6.50. The highest BCUT2D eigenvalue weighted by Crippen LogP contribution is 2.25. The quantitative estimate of drug-likeness (QED) is 0.257. The Balaban J connectivity index is 1.44. The molecule has 31 heavy (non-hydrogen) atoms. The highest BCUT2D eigenvalue weighted by molar-refractivity contribution is 7.99. The van der Waals surface area contributed by atoms with Gasteiger partial charge >= 0.3 is 0 Å². The molecule has 0 atom stereocenters. The largest absolute Gasteiger partial charge is 0.496 e. The van der Waals surface area contributed by atoms with E-state index in [0.717, 1.165) is 21.8 Å². The van der Waals surface area contributed by atoms with Crippen molar-refractivity contribution in [1.29, 1.82) is 0 Å². The third kappa shape index (κ3) is 5.13. The molecule has 4 rings (SSSR count). The molecule has 0 aliphatic rings. The Morgan fingerprint density at radius 3 is 2.65 bits per heavy atom. The number of ether oxygens (including phenoxy) is 1. The van der Waals surface area contributed by atoms with Crippen molar-refractivity contribution < 1.29 is 9.53 Å². The van der Waals surface area contributed by atoms with Crippen LogP contribution in [0.15, 0.2) is 89.1 Å². The first-order valence-electron chi connectivity index (χ1n) is 9.81. The van der Waals surface area contributed by atoms with E-state index in [1.165, 1.54) is 17.3 Å². The van der Waals surface area contributed by atoms with E-state index < -0.39 is 0 Å². The summed E-state index contributed by atoms with van der Waals surface area (Å²) < 4.78 is 7.42. The van der Waals surface area contributed by atoms with E-state index in [2.05, 4.69) is 27.2 Å². The van der Waals surface area contributed by atoms with E-state index in [0.29, 0.717) is 12.3 Å². The van der Waals surface area contributed by atoms with Gasteiger partial charge in [-0.3, -0.25) is 4.79 Å². The second kappa shape index (κ2) is 9.95. The van der Waals surface area contributed by atoms with Crippen LogP contribution in [0, 0.1) is 0 Å². The van der Waals surface area contributed by atoms with Gasteiger partial charge in [0, 0.05) is 5.56 Å². The first-order chi connectivity index (χ1) is 15.2. The molecule has 0 aliphatic heterocycles. The number of carbonyl (C=O) groups excluding carboxylic acids is 1. The van der Waals surface area contributed by atoms with E-state index in [1.807, 2.05) is 66.7 Å². The van der Waals surface area contributed by atoms with E-state index in [4.69, 9.17) is 9.72 Å². The predicted molar refractivity (Wildman–Crippen MR) is 125 cm³/mol. The standard InChI is InChI=1S/C24H22N4O2S/c1-30-22-14-8-5-11-19(22)15-25-27-23(29)17-31-24-26-20-12-6-7-13-21(20)28(24)16-18-9-3-2-4-10-18/h2-15H,16-17H2,1H3,(H,27,29)/b25-15+. The second-order valence-corrected chi connectivity index (χ2v) is 7.72. The van der Waals surface area contributed by atoms with Crippen LogP contribution >= 0.6 is 11.8 Å². The monoisotopic (exact) mass is 430 g/mol. The lowest BCUT2D eigenvalue weighted by Crippen LogP contribution is -2.20. The summed E-state index contributed by atoms with van der Waals surface area (Å²) in [7, 11) is 1.60. The van der Waals surface area contributed by atoms with Gasteiger partial charge in [0.05, 0.1) is 36.7 Å². The van der Waals surface area contributed by atoms with Crippen molar-refractivity contribution in [3.63, 3.8) is 0 Å². The molecule has 0 spiro atoms. The highest BCUT2D eigenvalue weighted by atomic mass is 32.2. The van der Waals surface area contributed by atoms with Crippen LogP contribution < -0.4 is 10.2 Å². The van der Waals surface area contributed by atoms with Crippen LogP contribution in [-0.2, 0) is 11.3 Å². The topological polar surface area (TPSA) is 68.5 Å². The van der Waals surface area contributed by atoms with Crippen LogP contribution in [0.2, 0.25) is 0 Å². The van der Waals surface area contributed by atoms with E-state index in [-0.39, 0.29) is 11.7 Å². The minimum absolute atomic E-state index is 0.200. The van der Waals surface area contributed by atoms with E-state index in [1.54, 1.807) is 13.3 Å².